The Morgan fingerprint density at radius 1 is 1.32 bits per heavy atom. The van der Waals surface area contributed by atoms with Gasteiger partial charge in [0.2, 0.25) is 11.8 Å². The first kappa shape index (κ1) is 16.3. The summed E-state index contributed by atoms with van der Waals surface area (Å²) in [4.78, 5) is 43.9. The van der Waals surface area contributed by atoms with Crippen LogP contribution in [0, 0.1) is 5.92 Å². The van der Waals surface area contributed by atoms with Gasteiger partial charge in [0, 0.05) is 32.1 Å². The third kappa shape index (κ3) is 3.18. The molecule has 0 radical (unpaired) electrons. The zero-order valence-electron chi connectivity index (χ0n) is 13.8. The summed E-state index contributed by atoms with van der Waals surface area (Å²) in [6.07, 6.45) is 4.54. The van der Waals surface area contributed by atoms with Crippen molar-refractivity contribution in [2.75, 3.05) is 13.1 Å². The van der Waals surface area contributed by atoms with Gasteiger partial charge in [0.25, 0.3) is 5.56 Å². The lowest BCUT2D eigenvalue weighted by Gasteiger charge is -2.27. The van der Waals surface area contributed by atoms with E-state index in [1.54, 1.807) is 11.0 Å². The second-order valence-corrected chi connectivity index (χ2v) is 7.66. The van der Waals surface area contributed by atoms with Crippen molar-refractivity contribution in [1.29, 1.82) is 0 Å². The Labute approximate surface area is 148 Å². The number of thiophene rings is 1. The van der Waals surface area contributed by atoms with Gasteiger partial charge in [-0.2, -0.15) is 0 Å². The molecule has 2 amide bonds. The standard InChI is InChI=1S/C17H20N4O3S/c22-14(21-8-11-2-1-3-12(9-21)19-15(11)23)4-6-20-10-18-16-13(17(20)24)5-7-25-16/h5,7,10-12H,1-4,6,8-9H2,(H,19,23). The number of amides is 2. The SMILES string of the molecule is O=C1NC2CCCC1CN(C(=O)CCn1cnc3sccc3c1=O)C2. The Morgan fingerprint density at radius 2 is 2.20 bits per heavy atom. The zero-order valence-corrected chi connectivity index (χ0v) is 14.6. The highest BCUT2D eigenvalue weighted by Crippen LogP contribution is 2.22. The van der Waals surface area contributed by atoms with Crippen LogP contribution in [0.1, 0.15) is 25.7 Å². The van der Waals surface area contributed by atoms with Crippen molar-refractivity contribution >= 4 is 33.4 Å². The maximum Gasteiger partial charge on any atom is 0.262 e. The fraction of sp³-hybridized carbons (Fsp3) is 0.529. The quantitative estimate of drug-likeness (QED) is 0.884. The Morgan fingerprint density at radius 3 is 3.08 bits per heavy atom. The number of nitrogens with zero attached hydrogens (tertiary/aromatic N) is 3. The molecular weight excluding hydrogens is 340 g/mol. The molecule has 2 bridgehead atoms. The number of likely N-dealkylation sites (tertiary alicyclic amines) is 1. The molecule has 0 aliphatic carbocycles. The number of hydrogen-bond donors (Lipinski definition) is 1. The molecule has 1 N–H and O–H groups in total. The van der Waals surface area contributed by atoms with Crippen molar-refractivity contribution in [3.63, 3.8) is 0 Å². The minimum Gasteiger partial charge on any atom is -0.351 e. The molecule has 7 nitrogen and oxygen atoms in total. The van der Waals surface area contributed by atoms with E-state index in [0.29, 0.717) is 25.0 Å². The highest BCUT2D eigenvalue weighted by atomic mass is 32.1. The van der Waals surface area contributed by atoms with Crippen molar-refractivity contribution in [2.45, 2.75) is 38.3 Å². The smallest absolute Gasteiger partial charge is 0.262 e. The van der Waals surface area contributed by atoms with Gasteiger partial charge in [-0.25, -0.2) is 4.98 Å². The molecule has 2 atom stereocenters. The molecule has 2 aliphatic rings. The summed E-state index contributed by atoms with van der Waals surface area (Å²) >= 11 is 1.43. The van der Waals surface area contributed by atoms with E-state index in [1.165, 1.54) is 22.2 Å². The van der Waals surface area contributed by atoms with E-state index < -0.39 is 0 Å². The molecule has 2 fully saturated rings. The molecule has 132 valence electrons. The summed E-state index contributed by atoms with van der Waals surface area (Å²) in [6.45, 7) is 1.36. The van der Waals surface area contributed by atoms with Crippen LogP contribution in [0.15, 0.2) is 22.6 Å². The summed E-state index contributed by atoms with van der Waals surface area (Å²) in [5, 5.41) is 5.47. The lowest BCUT2D eigenvalue weighted by atomic mass is 9.99. The van der Waals surface area contributed by atoms with Crippen LogP contribution in [0.25, 0.3) is 10.2 Å². The third-order valence-corrected chi connectivity index (χ3v) is 5.89. The summed E-state index contributed by atoms with van der Waals surface area (Å²) in [6, 6.07) is 1.82. The van der Waals surface area contributed by atoms with Gasteiger partial charge in [0.15, 0.2) is 0 Å². The second-order valence-electron chi connectivity index (χ2n) is 6.76. The number of aryl methyl sites for hydroxylation is 1. The molecule has 2 unspecified atom stereocenters. The van der Waals surface area contributed by atoms with E-state index in [4.69, 9.17) is 0 Å². The average Bonchev–Trinajstić information content (AvgIpc) is 2.92. The Bertz CT molecular complexity index is 874. The van der Waals surface area contributed by atoms with Gasteiger partial charge in [-0.15, -0.1) is 11.3 Å². The van der Waals surface area contributed by atoms with E-state index in [0.717, 1.165) is 24.1 Å². The Balaban J connectivity index is 1.45. The second kappa shape index (κ2) is 6.59. The normalized spacial score (nSPS) is 23.4. The molecule has 2 aromatic rings. The van der Waals surface area contributed by atoms with Gasteiger partial charge < -0.3 is 10.2 Å². The number of nitrogens with one attached hydrogen (secondary N) is 1. The number of carbonyl (C=O) groups is 2. The number of hydrogen-bond acceptors (Lipinski definition) is 5. The van der Waals surface area contributed by atoms with Crippen molar-refractivity contribution in [3.05, 3.63) is 28.1 Å². The molecule has 8 heteroatoms. The van der Waals surface area contributed by atoms with E-state index in [1.807, 2.05) is 5.38 Å². The van der Waals surface area contributed by atoms with E-state index in [-0.39, 0.29) is 35.8 Å². The van der Waals surface area contributed by atoms with Crippen LogP contribution in [0.5, 0.6) is 0 Å². The van der Waals surface area contributed by atoms with Crippen LogP contribution in [-0.4, -0.2) is 45.4 Å². The molecule has 0 saturated carbocycles. The van der Waals surface area contributed by atoms with Gasteiger partial charge in [-0.05, 0) is 24.3 Å². The molecule has 0 spiro atoms. The maximum absolute atomic E-state index is 12.6. The fourth-order valence-corrected chi connectivity index (χ4v) is 4.40. The number of rotatable bonds is 3. The van der Waals surface area contributed by atoms with Gasteiger partial charge in [0.1, 0.15) is 4.83 Å². The van der Waals surface area contributed by atoms with Crippen molar-refractivity contribution < 1.29 is 9.59 Å². The highest BCUT2D eigenvalue weighted by molar-refractivity contribution is 7.16. The Kier molecular flexibility index (Phi) is 4.29. The van der Waals surface area contributed by atoms with Crippen LogP contribution in [0.2, 0.25) is 0 Å². The Hall–Kier alpha value is -2.22. The first-order valence-corrected chi connectivity index (χ1v) is 9.50. The van der Waals surface area contributed by atoms with Crippen LogP contribution in [0.4, 0.5) is 0 Å². The van der Waals surface area contributed by atoms with Gasteiger partial charge >= 0.3 is 0 Å². The average molecular weight is 360 g/mol. The molecule has 4 heterocycles. The highest BCUT2D eigenvalue weighted by Gasteiger charge is 2.34. The minimum atomic E-state index is -0.108. The van der Waals surface area contributed by atoms with Gasteiger partial charge in [-0.3, -0.25) is 19.0 Å². The van der Waals surface area contributed by atoms with Crippen molar-refractivity contribution in [2.24, 2.45) is 5.92 Å². The van der Waals surface area contributed by atoms with Crippen molar-refractivity contribution in [1.82, 2.24) is 19.8 Å². The summed E-state index contributed by atoms with van der Waals surface area (Å²) in [7, 11) is 0. The van der Waals surface area contributed by atoms with Crippen LogP contribution in [-0.2, 0) is 16.1 Å². The third-order valence-electron chi connectivity index (χ3n) is 5.07. The zero-order chi connectivity index (χ0) is 17.4. The first-order valence-electron chi connectivity index (χ1n) is 8.62. The fourth-order valence-electron chi connectivity index (χ4n) is 3.68. The van der Waals surface area contributed by atoms with Crippen LogP contribution < -0.4 is 10.9 Å². The minimum absolute atomic E-state index is 0.00860. The summed E-state index contributed by atoms with van der Waals surface area (Å²) in [5.41, 5.74) is -0.108. The van der Waals surface area contributed by atoms with Crippen LogP contribution >= 0.6 is 11.3 Å². The molecular formula is C17H20N4O3S. The molecule has 4 rings (SSSR count). The van der Waals surface area contributed by atoms with E-state index in [2.05, 4.69) is 10.3 Å². The molecule has 2 aliphatic heterocycles. The van der Waals surface area contributed by atoms with Crippen LogP contribution in [0.3, 0.4) is 0 Å². The number of fused-ring (bicyclic) bond motifs is 4. The number of aromatic nitrogens is 2. The number of carbonyl (C=O) groups excluding carboxylic acids is 2. The monoisotopic (exact) mass is 360 g/mol. The summed E-state index contributed by atoms with van der Waals surface area (Å²) in [5.74, 6) is -0.0464. The molecule has 0 aromatic carbocycles. The van der Waals surface area contributed by atoms with Crippen molar-refractivity contribution in [3.8, 4) is 0 Å². The topological polar surface area (TPSA) is 84.3 Å². The van der Waals surface area contributed by atoms with E-state index >= 15 is 0 Å². The molecule has 25 heavy (non-hydrogen) atoms. The summed E-state index contributed by atoms with van der Waals surface area (Å²) < 4.78 is 1.50. The first-order chi connectivity index (χ1) is 12.1. The van der Waals surface area contributed by atoms with Gasteiger partial charge in [-0.1, -0.05) is 6.42 Å². The maximum atomic E-state index is 12.6. The predicted octanol–water partition coefficient (Wildman–Crippen LogP) is 0.975. The lowest BCUT2D eigenvalue weighted by molar-refractivity contribution is -0.132. The predicted molar refractivity (Wildman–Crippen MR) is 94.3 cm³/mol. The van der Waals surface area contributed by atoms with Gasteiger partial charge in [0.05, 0.1) is 17.6 Å². The van der Waals surface area contributed by atoms with E-state index in [9.17, 15) is 14.4 Å². The molecule has 2 aromatic heterocycles. The lowest BCUT2D eigenvalue weighted by Crippen LogP contribution is -2.42. The largest absolute Gasteiger partial charge is 0.351 e. The molecule has 2 saturated heterocycles.